The summed E-state index contributed by atoms with van der Waals surface area (Å²) in [4.78, 5) is 5.30. The minimum Gasteiger partial charge on any atom is -0.416 e. The van der Waals surface area contributed by atoms with Crippen molar-refractivity contribution in [2.75, 3.05) is 7.11 Å². The fourth-order valence-electron chi connectivity index (χ4n) is 2.14. The molecule has 0 radical (unpaired) electrons. The van der Waals surface area contributed by atoms with Crippen molar-refractivity contribution in [2.24, 2.45) is 0 Å². The standard InChI is InChI=1S/C14H14N2O/c1-17-16-10-8-13-7-9-15(14(13)16)11-12-5-3-2-4-6-12/h2-10H,11H2,1H3. The Morgan fingerprint density at radius 3 is 2.53 bits per heavy atom. The molecule has 17 heavy (non-hydrogen) atoms. The summed E-state index contributed by atoms with van der Waals surface area (Å²) in [5.41, 5.74) is 2.38. The van der Waals surface area contributed by atoms with E-state index >= 15 is 0 Å². The van der Waals surface area contributed by atoms with Gasteiger partial charge in [-0.15, -0.1) is 0 Å². The van der Waals surface area contributed by atoms with Gasteiger partial charge in [0.15, 0.2) is 5.65 Å². The van der Waals surface area contributed by atoms with E-state index in [4.69, 9.17) is 4.84 Å². The molecule has 0 saturated heterocycles. The van der Waals surface area contributed by atoms with Crippen LogP contribution in [0.5, 0.6) is 0 Å². The van der Waals surface area contributed by atoms with Gasteiger partial charge in [-0.1, -0.05) is 30.3 Å². The molecule has 3 nitrogen and oxygen atoms in total. The second-order valence-corrected chi connectivity index (χ2v) is 4.03. The number of nitrogens with zero attached hydrogens (tertiary/aromatic N) is 2. The monoisotopic (exact) mass is 226 g/mol. The van der Waals surface area contributed by atoms with Gasteiger partial charge in [-0.25, -0.2) is 0 Å². The van der Waals surface area contributed by atoms with E-state index in [1.807, 2.05) is 12.3 Å². The molecular formula is C14H14N2O. The van der Waals surface area contributed by atoms with E-state index in [9.17, 15) is 0 Å². The summed E-state index contributed by atoms with van der Waals surface area (Å²) < 4.78 is 3.98. The lowest BCUT2D eigenvalue weighted by Crippen LogP contribution is -2.08. The fourth-order valence-corrected chi connectivity index (χ4v) is 2.14. The van der Waals surface area contributed by atoms with Gasteiger partial charge in [-0.2, -0.15) is 4.73 Å². The summed E-state index contributed by atoms with van der Waals surface area (Å²) in [6.07, 6.45) is 4.03. The molecule has 0 N–H and O–H groups in total. The first-order chi connectivity index (χ1) is 8.38. The molecule has 0 bridgehead atoms. The quantitative estimate of drug-likeness (QED) is 0.671. The molecule has 0 aliphatic heterocycles. The molecule has 3 heteroatoms. The first kappa shape index (κ1) is 10.0. The molecule has 0 unspecified atom stereocenters. The van der Waals surface area contributed by atoms with Crippen LogP contribution in [-0.4, -0.2) is 16.4 Å². The predicted octanol–water partition coefficient (Wildman–Crippen LogP) is 2.55. The summed E-state index contributed by atoms with van der Waals surface area (Å²) in [7, 11) is 1.68. The number of hydrogen-bond acceptors (Lipinski definition) is 1. The number of hydrogen-bond donors (Lipinski definition) is 0. The SMILES string of the molecule is COn1ccc2ccn(Cc3ccccc3)c21. The maximum atomic E-state index is 5.30. The molecule has 0 aliphatic carbocycles. The molecule has 86 valence electrons. The van der Waals surface area contributed by atoms with Crippen molar-refractivity contribution in [1.82, 2.24) is 9.30 Å². The average Bonchev–Trinajstić information content (AvgIpc) is 2.93. The molecule has 3 aromatic rings. The molecule has 3 rings (SSSR count). The third-order valence-corrected chi connectivity index (χ3v) is 2.95. The van der Waals surface area contributed by atoms with Crippen molar-refractivity contribution in [3.8, 4) is 0 Å². The largest absolute Gasteiger partial charge is 0.416 e. The second-order valence-electron chi connectivity index (χ2n) is 4.03. The van der Waals surface area contributed by atoms with Crippen LogP contribution in [0.2, 0.25) is 0 Å². The molecule has 0 spiro atoms. The summed E-state index contributed by atoms with van der Waals surface area (Å²) in [5.74, 6) is 0. The molecule has 0 saturated carbocycles. The van der Waals surface area contributed by atoms with Crippen LogP contribution in [0.15, 0.2) is 54.9 Å². The molecule has 0 amide bonds. The molecule has 0 atom stereocenters. The Morgan fingerprint density at radius 1 is 1.00 bits per heavy atom. The Hall–Kier alpha value is -2.16. The van der Waals surface area contributed by atoms with Crippen molar-refractivity contribution in [2.45, 2.75) is 6.54 Å². The molecule has 2 heterocycles. The highest BCUT2D eigenvalue weighted by Gasteiger charge is 2.07. The van der Waals surface area contributed by atoms with Crippen LogP contribution in [0.3, 0.4) is 0 Å². The summed E-state index contributed by atoms with van der Waals surface area (Å²) in [6.45, 7) is 0.859. The summed E-state index contributed by atoms with van der Waals surface area (Å²) in [6, 6.07) is 14.6. The zero-order valence-corrected chi connectivity index (χ0v) is 9.71. The summed E-state index contributed by atoms with van der Waals surface area (Å²) >= 11 is 0. The topological polar surface area (TPSA) is 19.1 Å². The third-order valence-electron chi connectivity index (χ3n) is 2.95. The maximum absolute atomic E-state index is 5.30. The number of rotatable bonds is 3. The van der Waals surface area contributed by atoms with Gasteiger partial charge >= 0.3 is 0 Å². The van der Waals surface area contributed by atoms with Crippen molar-refractivity contribution in [3.63, 3.8) is 0 Å². The van der Waals surface area contributed by atoms with Gasteiger partial charge in [-0.3, -0.25) is 0 Å². The first-order valence-electron chi connectivity index (χ1n) is 5.63. The molecule has 0 aliphatic rings. The van der Waals surface area contributed by atoms with E-state index in [2.05, 4.69) is 47.2 Å². The number of fused-ring (bicyclic) bond motifs is 1. The Morgan fingerprint density at radius 2 is 1.76 bits per heavy atom. The van der Waals surface area contributed by atoms with Crippen LogP contribution in [-0.2, 0) is 6.54 Å². The Bertz CT molecular complexity index is 622. The van der Waals surface area contributed by atoms with E-state index in [0.29, 0.717) is 0 Å². The van der Waals surface area contributed by atoms with Crippen LogP contribution in [0.25, 0.3) is 11.0 Å². The number of aromatic nitrogens is 2. The lowest BCUT2D eigenvalue weighted by atomic mass is 10.2. The zero-order valence-electron chi connectivity index (χ0n) is 9.71. The van der Waals surface area contributed by atoms with Gasteiger partial charge in [0.1, 0.15) is 7.11 Å². The minimum atomic E-state index is 0.859. The van der Waals surface area contributed by atoms with E-state index in [-0.39, 0.29) is 0 Å². The smallest absolute Gasteiger partial charge is 0.156 e. The normalized spacial score (nSPS) is 10.9. The van der Waals surface area contributed by atoms with Crippen molar-refractivity contribution < 1.29 is 4.84 Å². The first-order valence-corrected chi connectivity index (χ1v) is 5.63. The highest BCUT2D eigenvalue weighted by molar-refractivity contribution is 5.77. The van der Waals surface area contributed by atoms with Gasteiger partial charge < -0.3 is 9.40 Å². The van der Waals surface area contributed by atoms with E-state index in [1.165, 1.54) is 10.9 Å². The average molecular weight is 226 g/mol. The fraction of sp³-hybridized carbons (Fsp3) is 0.143. The van der Waals surface area contributed by atoms with Gasteiger partial charge in [0, 0.05) is 24.3 Å². The lowest BCUT2D eigenvalue weighted by Gasteiger charge is -2.08. The van der Waals surface area contributed by atoms with Crippen LogP contribution < -0.4 is 4.84 Å². The molecule has 2 aromatic heterocycles. The van der Waals surface area contributed by atoms with E-state index in [1.54, 1.807) is 11.8 Å². The molecular weight excluding hydrogens is 212 g/mol. The van der Waals surface area contributed by atoms with Crippen LogP contribution >= 0.6 is 0 Å². The van der Waals surface area contributed by atoms with Crippen molar-refractivity contribution in [3.05, 3.63) is 60.4 Å². The lowest BCUT2D eigenvalue weighted by molar-refractivity contribution is 0.176. The van der Waals surface area contributed by atoms with Crippen LogP contribution in [0.4, 0.5) is 0 Å². The maximum Gasteiger partial charge on any atom is 0.156 e. The predicted molar refractivity (Wildman–Crippen MR) is 68.0 cm³/mol. The van der Waals surface area contributed by atoms with E-state index < -0.39 is 0 Å². The Kier molecular flexibility index (Phi) is 2.37. The van der Waals surface area contributed by atoms with Gasteiger partial charge in [-0.05, 0) is 17.7 Å². The van der Waals surface area contributed by atoms with Crippen molar-refractivity contribution >= 4 is 11.0 Å². The Balaban J connectivity index is 2.03. The summed E-state index contributed by atoms with van der Waals surface area (Å²) in [5, 5.41) is 1.20. The van der Waals surface area contributed by atoms with E-state index in [0.717, 1.165) is 12.2 Å². The third kappa shape index (κ3) is 1.69. The number of benzene rings is 1. The van der Waals surface area contributed by atoms with Crippen LogP contribution in [0.1, 0.15) is 5.56 Å². The molecule has 0 fully saturated rings. The zero-order chi connectivity index (χ0) is 11.7. The highest BCUT2D eigenvalue weighted by Crippen LogP contribution is 2.17. The van der Waals surface area contributed by atoms with Gasteiger partial charge in [0.2, 0.25) is 0 Å². The van der Waals surface area contributed by atoms with Gasteiger partial charge in [0.25, 0.3) is 0 Å². The molecule has 1 aromatic carbocycles. The highest BCUT2D eigenvalue weighted by atomic mass is 16.6. The Labute approximate surface area is 99.8 Å². The van der Waals surface area contributed by atoms with Crippen LogP contribution in [0, 0.1) is 0 Å². The minimum absolute atomic E-state index is 0.859. The van der Waals surface area contributed by atoms with Gasteiger partial charge in [0.05, 0.1) is 0 Å². The second kappa shape index (κ2) is 4.01. The van der Waals surface area contributed by atoms with Crippen molar-refractivity contribution in [1.29, 1.82) is 0 Å².